The second-order valence-corrected chi connectivity index (χ2v) is 4.83. The second-order valence-electron chi connectivity index (χ2n) is 4.14. The van der Waals surface area contributed by atoms with E-state index >= 15 is 0 Å². The third-order valence-corrected chi connectivity index (χ3v) is 2.67. The molecule has 0 saturated heterocycles. The van der Waals surface area contributed by atoms with E-state index < -0.39 is 0 Å². The second kappa shape index (κ2) is 6.04. The fourth-order valence-electron chi connectivity index (χ4n) is 1.61. The molecule has 1 aromatic rings. The van der Waals surface area contributed by atoms with Crippen molar-refractivity contribution in [1.29, 1.82) is 0 Å². The molecule has 2 unspecified atom stereocenters. The van der Waals surface area contributed by atoms with Gasteiger partial charge in [-0.25, -0.2) is 4.98 Å². The van der Waals surface area contributed by atoms with Gasteiger partial charge in [0.15, 0.2) is 0 Å². The van der Waals surface area contributed by atoms with Gasteiger partial charge in [0.1, 0.15) is 0 Å². The molecule has 1 rings (SSSR count). The summed E-state index contributed by atoms with van der Waals surface area (Å²) >= 11 is 6.13. The quantitative estimate of drug-likeness (QED) is 0.743. The monoisotopic (exact) mass is 242 g/mol. The Kier molecular flexibility index (Phi) is 5.00. The molecule has 0 N–H and O–H groups in total. The first kappa shape index (κ1) is 13.2. The van der Waals surface area contributed by atoms with Gasteiger partial charge in [-0.1, -0.05) is 6.92 Å². The highest BCUT2D eigenvalue weighted by Crippen LogP contribution is 2.25. The van der Waals surface area contributed by atoms with Crippen LogP contribution in [0.15, 0.2) is 12.4 Å². The molecule has 90 valence electrons. The molecular formula is C12H19ClN2O. The minimum absolute atomic E-state index is 0.0496. The minimum Gasteiger partial charge on any atom is -0.474 e. The molecule has 16 heavy (non-hydrogen) atoms. The van der Waals surface area contributed by atoms with Crippen molar-refractivity contribution >= 4 is 11.6 Å². The highest BCUT2D eigenvalue weighted by atomic mass is 35.5. The van der Waals surface area contributed by atoms with E-state index in [1.807, 2.05) is 20.8 Å². The van der Waals surface area contributed by atoms with Crippen molar-refractivity contribution < 1.29 is 4.74 Å². The summed E-state index contributed by atoms with van der Waals surface area (Å²) < 4.78 is 5.51. The average Bonchev–Trinajstić information content (AvgIpc) is 2.17. The highest BCUT2D eigenvalue weighted by Gasteiger charge is 2.17. The van der Waals surface area contributed by atoms with E-state index in [-0.39, 0.29) is 17.4 Å². The Hall–Kier alpha value is -0.830. The average molecular weight is 243 g/mol. The molecule has 1 aromatic heterocycles. The fourth-order valence-corrected chi connectivity index (χ4v) is 1.92. The maximum atomic E-state index is 6.13. The number of hydrogen-bond donors (Lipinski definition) is 0. The number of hydrogen-bond acceptors (Lipinski definition) is 3. The Labute approximate surface area is 102 Å². The van der Waals surface area contributed by atoms with Crippen LogP contribution in [0.25, 0.3) is 0 Å². The van der Waals surface area contributed by atoms with Crippen LogP contribution in [0, 0.1) is 0 Å². The van der Waals surface area contributed by atoms with Crippen molar-refractivity contribution in [1.82, 2.24) is 9.97 Å². The van der Waals surface area contributed by atoms with Crippen molar-refractivity contribution in [3.63, 3.8) is 0 Å². The van der Waals surface area contributed by atoms with Gasteiger partial charge in [0.25, 0.3) is 0 Å². The Balaban J connectivity index is 2.88. The van der Waals surface area contributed by atoms with Gasteiger partial charge in [-0.15, -0.1) is 11.6 Å². The van der Waals surface area contributed by atoms with Crippen LogP contribution in [0.2, 0.25) is 0 Å². The van der Waals surface area contributed by atoms with Crippen molar-refractivity contribution in [2.24, 2.45) is 0 Å². The predicted molar refractivity (Wildman–Crippen MR) is 66.1 cm³/mol. The van der Waals surface area contributed by atoms with Gasteiger partial charge in [0.05, 0.1) is 18.0 Å². The van der Waals surface area contributed by atoms with E-state index in [0.29, 0.717) is 5.88 Å². The normalized spacial score (nSPS) is 14.9. The van der Waals surface area contributed by atoms with Crippen LogP contribution in [0.1, 0.15) is 45.7 Å². The zero-order valence-electron chi connectivity index (χ0n) is 10.3. The summed E-state index contributed by atoms with van der Waals surface area (Å²) in [4.78, 5) is 8.58. The molecule has 0 bridgehead atoms. The standard InChI is InChI=1S/C12H19ClN2O/c1-5-10(9(4)13)11-6-14-7-12(15-11)16-8(2)3/h6-10H,5H2,1-4H3. The molecule has 0 aliphatic rings. The van der Waals surface area contributed by atoms with Gasteiger partial charge in [-0.05, 0) is 27.2 Å². The summed E-state index contributed by atoms with van der Waals surface area (Å²) in [6.45, 7) is 8.01. The topological polar surface area (TPSA) is 35.0 Å². The lowest BCUT2D eigenvalue weighted by molar-refractivity contribution is 0.230. The summed E-state index contributed by atoms with van der Waals surface area (Å²) in [6.07, 6.45) is 4.46. The maximum Gasteiger partial charge on any atom is 0.232 e. The summed E-state index contributed by atoms with van der Waals surface area (Å²) in [7, 11) is 0. The molecule has 0 fully saturated rings. The van der Waals surface area contributed by atoms with Crippen molar-refractivity contribution in [2.75, 3.05) is 0 Å². The summed E-state index contributed by atoms with van der Waals surface area (Å²) in [5, 5.41) is 0.0496. The Morgan fingerprint density at radius 1 is 1.31 bits per heavy atom. The van der Waals surface area contributed by atoms with E-state index in [2.05, 4.69) is 16.9 Å². The van der Waals surface area contributed by atoms with Crippen LogP contribution in [0.5, 0.6) is 5.88 Å². The molecule has 0 radical (unpaired) electrons. The molecule has 0 amide bonds. The largest absolute Gasteiger partial charge is 0.474 e. The molecule has 1 heterocycles. The van der Waals surface area contributed by atoms with Gasteiger partial charge < -0.3 is 4.74 Å². The van der Waals surface area contributed by atoms with Crippen LogP contribution < -0.4 is 4.74 Å². The van der Waals surface area contributed by atoms with Gasteiger partial charge in [-0.2, -0.15) is 0 Å². The third kappa shape index (κ3) is 3.63. The minimum atomic E-state index is 0.0496. The Morgan fingerprint density at radius 3 is 2.50 bits per heavy atom. The number of ether oxygens (including phenoxy) is 1. The van der Waals surface area contributed by atoms with E-state index in [9.17, 15) is 0 Å². The molecule has 3 nitrogen and oxygen atoms in total. The van der Waals surface area contributed by atoms with Crippen LogP contribution in [0.3, 0.4) is 0 Å². The van der Waals surface area contributed by atoms with Crippen LogP contribution >= 0.6 is 11.6 Å². The number of alkyl halides is 1. The number of aromatic nitrogens is 2. The van der Waals surface area contributed by atoms with Gasteiger partial charge in [0, 0.05) is 17.5 Å². The van der Waals surface area contributed by atoms with E-state index in [0.717, 1.165) is 12.1 Å². The number of nitrogens with zero attached hydrogens (tertiary/aromatic N) is 2. The lowest BCUT2D eigenvalue weighted by atomic mass is 9.99. The molecule has 0 aromatic carbocycles. The zero-order chi connectivity index (χ0) is 12.1. The van der Waals surface area contributed by atoms with Crippen LogP contribution in [0.4, 0.5) is 0 Å². The summed E-state index contributed by atoms with van der Waals surface area (Å²) in [5.41, 5.74) is 0.906. The molecule has 0 aliphatic carbocycles. The molecule has 0 aliphatic heterocycles. The third-order valence-electron chi connectivity index (χ3n) is 2.36. The molecular weight excluding hydrogens is 224 g/mol. The first-order valence-electron chi connectivity index (χ1n) is 5.67. The summed E-state index contributed by atoms with van der Waals surface area (Å²) in [6, 6.07) is 0. The van der Waals surface area contributed by atoms with Gasteiger partial charge in [0.2, 0.25) is 5.88 Å². The maximum absolute atomic E-state index is 6.13. The number of halogens is 1. The van der Waals surface area contributed by atoms with E-state index in [1.165, 1.54) is 0 Å². The lowest BCUT2D eigenvalue weighted by Crippen LogP contribution is -2.13. The predicted octanol–water partition coefficient (Wildman–Crippen LogP) is 3.38. The van der Waals surface area contributed by atoms with E-state index in [1.54, 1.807) is 12.4 Å². The summed E-state index contributed by atoms with van der Waals surface area (Å²) in [5.74, 6) is 0.799. The first-order chi connectivity index (χ1) is 7.54. The number of rotatable bonds is 5. The first-order valence-corrected chi connectivity index (χ1v) is 6.10. The van der Waals surface area contributed by atoms with Crippen LogP contribution in [-0.4, -0.2) is 21.4 Å². The Bertz CT molecular complexity index is 329. The van der Waals surface area contributed by atoms with Crippen LogP contribution in [-0.2, 0) is 0 Å². The van der Waals surface area contributed by atoms with Crippen molar-refractivity contribution in [3.8, 4) is 5.88 Å². The zero-order valence-corrected chi connectivity index (χ0v) is 11.0. The van der Waals surface area contributed by atoms with Crippen molar-refractivity contribution in [2.45, 2.75) is 51.5 Å². The Morgan fingerprint density at radius 2 is 2.00 bits per heavy atom. The van der Waals surface area contributed by atoms with Gasteiger partial charge >= 0.3 is 0 Å². The fraction of sp³-hybridized carbons (Fsp3) is 0.667. The SMILES string of the molecule is CCC(c1cncc(OC(C)C)n1)C(C)Cl. The highest BCUT2D eigenvalue weighted by molar-refractivity contribution is 6.20. The molecule has 2 atom stereocenters. The molecule has 0 saturated carbocycles. The molecule has 4 heteroatoms. The van der Waals surface area contributed by atoms with E-state index in [4.69, 9.17) is 16.3 Å². The van der Waals surface area contributed by atoms with Crippen molar-refractivity contribution in [3.05, 3.63) is 18.1 Å². The smallest absolute Gasteiger partial charge is 0.232 e. The molecule has 0 spiro atoms. The van der Waals surface area contributed by atoms with Gasteiger partial charge in [-0.3, -0.25) is 4.98 Å². The lowest BCUT2D eigenvalue weighted by Gasteiger charge is -2.17.